The molecule has 0 saturated carbocycles. The fourth-order valence-electron chi connectivity index (χ4n) is 2.79. The minimum absolute atomic E-state index is 0.548. The van der Waals surface area contributed by atoms with Gasteiger partial charge < -0.3 is 19.6 Å². The number of methoxy groups -OCH3 is 1. The molecule has 0 atom stereocenters. The van der Waals surface area contributed by atoms with Gasteiger partial charge in [-0.05, 0) is 43.7 Å². The van der Waals surface area contributed by atoms with Gasteiger partial charge in [0.1, 0.15) is 17.0 Å². The molecule has 0 fully saturated rings. The lowest BCUT2D eigenvalue weighted by atomic mass is 10.2. The highest BCUT2D eigenvalue weighted by molar-refractivity contribution is 5.83. The number of benzene rings is 1. The molecular weight excluding hydrogens is 332 g/mol. The third-order valence-electron chi connectivity index (χ3n) is 4.17. The Morgan fingerprint density at radius 2 is 2.08 bits per heavy atom. The first-order valence-corrected chi connectivity index (χ1v) is 8.54. The molecule has 3 aromatic heterocycles. The molecule has 0 saturated heterocycles. The summed E-state index contributed by atoms with van der Waals surface area (Å²) in [5.41, 5.74) is 7.75. The summed E-state index contributed by atoms with van der Waals surface area (Å²) in [5, 5.41) is 5.52. The Kier molecular flexibility index (Phi) is 4.45. The topological polar surface area (TPSA) is 87.8 Å². The molecule has 2 N–H and O–H groups in total. The zero-order valence-corrected chi connectivity index (χ0v) is 14.5. The second-order valence-corrected chi connectivity index (χ2v) is 5.94. The van der Waals surface area contributed by atoms with Crippen LogP contribution in [0.25, 0.3) is 28.1 Å². The van der Waals surface area contributed by atoms with Crippen LogP contribution in [0.5, 0.6) is 11.6 Å². The maximum atomic E-state index is 5.98. The molecule has 0 amide bonds. The molecule has 0 radical (unpaired) electrons. The molecule has 4 rings (SSSR count). The Balaban J connectivity index is 1.67. The fraction of sp³-hybridized carbons (Fsp3) is 0.263. The molecule has 4 aromatic rings. The number of unbranched alkanes of at least 4 members (excludes halogenated alkanes) is 1. The summed E-state index contributed by atoms with van der Waals surface area (Å²) >= 11 is 0. The first-order chi connectivity index (χ1) is 12.8. The zero-order valence-electron chi connectivity index (χ0n) is 14.5. The number of hydrogen-bond acceptors (Lipinski definition) is 6. The number of nitrogens with two attached hydrogens (primary N) is 1. The minimum atomic E-state index is 0.548. The number of nitrogens with zero attached hydrogens (tertiary/aromatic N) is 3. The number of fused-ring (bicyclic) bond motifs is 2. The average molecular weight is 352 g/mol. The van der Waals surface area contributed by atoms with Crippen molar-refractivity contribution in [1.82, 2.24) is 14.6 Å². The third kappa shape index (κ3) is 3.09. The van der Waals surface area contributed by atoms with Crippen LogP contribution in [0.3, 0.4) is 0 Å². The van der Waals surface area contributed by atoms with Gasteiger partial charge in [0.15, 0.2) is 11.4 Å². The highest BCUT2D eigenvalue weighted by atomic mass is 16.5. The van der Waals surface area contributed by atoms with Crippen molar-refractivity contribution in [3.8, 4) is 23.1 Å². The second-order valence-electron chi connectivity index (χ2n) is 5.94. The molecule has 134 valence electrons. The quantitative estimate of drug-likeness (QED) is 0.514. The van der Waals surface area contributed by atoms with E-state index in [2.05, 4.69) is 10.1 Å². The van der Waals surface area contributed by atoms with E-state index in [9.17, 15) is 0 Å². The van der Waals surface area contributed by atoms with Gasteiger partial charge in [-0.1, -0.05) is 0 Å². The lowest BCUT2D eigenvalue weighted by Gasteiger charge is -2.05. The number of furan rings is 1. The van der Waals surface area contributed by atoms with Crippen LogP contribution >= 0.6 is 0 Å². The van der Waals surface area contributed by atoms with Gasteiger partial charge in [-0.25, -0.2) is 9.50 Å². The summed E-state index contributed by atoms with van der Waals surface area (Å²) in [6, 6.07) is 11.4. The van der Waals surface area contributed by atoms with Crippen LogP contribution in [-0.4, -0.2) is 34.9 Å². The van der Waals surface area contributed by atoms with Crippen molar-refractivity contribution in [2.45, 2.75) is 12.8 Å². The molecule has 7 heteroatoms. The lowest BCUT2D eigenvalue weighted by molar-refractivity contribution is 0.292. The standard InChI is InChI=1S/C19H20N4O3/c1-24-14-5-4-13-10-17(26-16(13)11-14)15-12-21-18-6-7-19(22-23(15)18)25-9-3-2-8-20/h4-7,10-12H,2-3,8-9,20H2,1H3. The summed E-state index contributed by atoms with van der Waals surface area (Å²) in [5.74, 6) is 1.99. The number of aromatic nitrogens is 3. The third-order valence-corrected chi connectivity index (χ3v) is 4.17. The van der Waals surface area contributed by atoms with E-state index in [1.165, 1.54) is 0 Å². The van der Waals surface area contributed by atoms with E-state index in [0.717, 1.165) is 40.9 Å². The second kappa shape index (κ2) is 7.05. The Bertz CT molecular complexity index is 1040. The summed E-state index contributed by atoms with van der Waals surface area (Å²) in [7, 11) is 1.63. The molecule has 1 aromatic carbocycles. The highest BCUT2D eigenvalue weighted by Crippen LogP contribution is 2.30. The van der Waals surface area contributed by atoms with Crippen molar-refractivity contribution in [1.29, 1.82) is 0 Å². The van der Waals surface area contributed by atoms with Crippen molar-refractivity contribution in [3.63, 3.8) is 0 Å². The van der Waals surface area contributed by atoms with E-state index in [1.54, 1.807) is 17.8 Å². The normalized spacial score (nSPS) is 11.3. The van der Waals surface area contributed by atoms with Crippen LogP contribution in [0.4, 0.5) is 0 Å². The summed E-state index contributed by atoms with van der Waals surface area (Å²) < 4.78 is 18.7. The van der Waals surface area contributed by atoms with Crippen LogP contribution in [0, 0.1) is 0 Å². The number of imidazole rings is 1. The molecule has 3 heterocycles. The van der Waals surface area contributed by atoms with Gasteiger partial charge in [0.25, 0.3) is 0 Å². The Labute approximate surface area is 150 Å². The van der Waals surface area contributed by atoms with Crippen LogP contribution in [0.15, 0.2) is 47.0 Å². The predicted molar refractivity (Wildman–Crippen MR) is 98.5 cm³/mol. The fourth-order valence-corrected chi connectivity index (χ4v) is 2.79. The maximum Gasteiger partial charge on any atom is 0.231 e. The van der Waals surface area contributed by atoms with Crippen molar-refractivity contribution in [3.05, 3.63) is 42.6 Å². The number of rotatable bonds is 7. The van der Waals surface area contributed by atoms with Crippen molar-refractivity contribution < 1.29 is 13.9 Å². The molecule has 7 nitrogen and oxygen atoms in total. The van der Waals surface area contributed by atoms with Gasteiger partial charge in [0.05, 0.1) is 19.9 Å². The maximum absolute atomic E-state index is 5.98. The smallest absolute Gasteiger partial charge is 0.231 e. The first kappa shape index (κ1) is 16.4. The van der Waals surface area contributed by atoms with E-state index in [1.807, 2.05) is 36.4 Å². The van der Waals surface area contributed by atoms with Crippen molar-refractivity contribution in [2.75, 3.05) is 20.3 Å². The first-order valence-electron chi connectivity index (χ1n) is 8.54. The summed E-state index contributed by atoms with van der Waals surface area (Å²) in [6.45, 7) is 1.25. The molecule has 0 aliphatic heterocycles. The van der Waals surface area contributed by atoms with Crippen molar-refractivity contribution in [2.24, 2.45) is 5.73 Å². The van der Waals surface area contributed by atoms with Crippen LogP contribution in [-0.2, 0) is 0 Å². The summed E-state index contributed by atoms with van der Waals surface area (Å²) in [6.07, 6.45) is 3.58. The zero-order chi connectivity index (χ0) is 17.9. The monoisotopic (exact) mass is 352 g/mol. The highest BCUT2D eigenvalue weighted by Gasteiger charge is 2.13. The van der Waals surface area contributed by atoms with Gasteiger partial charge in [-0.15, -0.1) is 5.10 Å². The molecule has 0 spiro atoms. The van der Waals surface area contributed by atoms with Gasteiger partial charge in [-0.3, -0.25) is 0 Å². The van der Waals surface area contributed by atoms with Gasteiger partial charge >= 0.3 is 0 Å². The van der Waals surface area contributed by atoms with Gasteiger partial charge in [-0.2, -0.15) is 0 Å². The van der Waals surface area contributed by atoms with Crippen LogP contribution in [0.2, 0.25) is 0 Å². The molecule has 26 heavy (non-hydrogen) atoms. The molecule has 0 aliphatic carbocycles. The SMILES string of the molecule is COc1ccc2cc(-c3cnc4ccc(OCCCCN)nn34)oc2c1. The van der Waals surface area contributed by atoms with E-state index in [-0.39, 0.29) is 0 Å². The van der Waals surface area contributed by atoms with E-state index < -0.39 is 0 Å². The predicted octanol–water partition coefficient (Wildman–Crippen LogP) is 3.27. The molecule has 0 bridgehead atoms. The molecule has 0 aliphatic rings. The number of hydrogen-bond donors (Lipinski definition) is 1. The van der Waals surface area contributed by atoms with Gasteiger partial charge in [0.2, 0.25) is 5.88 Å². The van der Waals surface area contributed by atoms with E-state index >= 15 is 0 Å². The molecular formula is C19H20N4O3. The van der Waals surface area contributed by atoms with Gasteiger partial charge in [0, 0.05) is 17.5 Å². The Morgan fingerprint density at radius 3 is 2.92 bits per heavy atom. The largest absolute Gasteiger partial charge is 0.497 e. The lowest BCUT2D eigenvalue weighted by Crippen LogP contribution is -2.05. The average Bonchev–Trinajstić information content (AvgIpc) is 3.27. The Morgan fingerprint density at radius 1 is 1.15 bits per heavy atom. The van der Waals surface area contributed by atoms with E-state index in [4.69, 9.17) is 19.6 Å². The van der Waals surface area contributed by atoms with Crippen LogP contribution in [0.1, 0.15) is 12.8 Å². The molecule has 0 unspecified atom stereocenters. The Hall–Kier alpha value is -3.06. The number of ether oxygens (including phenoxy) is 2. The summed E-state index contributed by atoms with van der Waals surface area (Å²) in [4.78, 5) is 4.39. The minimum Gasteiger partial charge on any atom is -0.497 e. The van der Waals surface area contributed by atoms with E-state index in [0.29, 0.717) is 24.8 Å². The van der Waals surface area contributed by atoms with Crippen LogP contribution < -0.4 is 15.2 Å². The van der Waals surface area contributed by atoms with Crippen molar-refractivity contribution >= 4 is 16.6 Å².